The molecule has 0 atom stereocenters. The second-order valence-electron chi connectivity index (χ2n) is 6.23. The number of para-hydroxylation sites is 2. The maximum atomic E-state index is 13.7. The average molecular weight is 386 g/mol. The Labute approximate surface area is 165 Å². The Balaban J connectivity index is 1.56. The zero-order valence-electron chi connectivity index (χ0n) is 15.1. The lowest BCUT2D eigenvalue weighted by molar-refractivity contribution is 0.102. The summed E-state index contributed by atoms with van der Waals surface area (Å²) in [4.78, 5) is 33.4. The topological polar surface area (TPSA) is 84.0 Å². The van der Waals surface area contributed by atoms with Crippen molar-refractivity contribution in [3.8, 4) is 0 Å². The van der Waals surface area contributed by atoms with Gasteiger partial charge in [-0.2, -0.15) is 0 Å². The second-order valence-corrected chi connectivity index (χ2v) is 6.23. The Morgan fingerprint density at radius 1 is 0.793 bits per heavy atom. The van der Waals surface area contributed by atoms with Gasteiger partial charge in [0, 0.05) is 24.0 Å². The lowest BCUT2D eigenvalue weighted by Crippen LogP contribution is -2.17. The van der Waals surface area contributed by atoms with Gasteiger partial charge in [0.25, 0.3) is 11.8 Å². The number of hydrogen-bond acceptors (Lipinski definition) is 4. The van der Waals surface area contributed by atoms with Crippen molar-refractivity contribution in [3.05, 3.63) is 96.2 Å². The molecule has 0 unspecified atom stereocenters. The van der Waals surface area contributed by atoms with Gasteiger partial charge in [-0.1, -0.05) is 30.3 Å². The molecule has 7 heteroatoms. The van der Waals surface area contributed by atoms with Gasteiger partial charge < -0.3 is 10.6 Å². The van der Waals surface area contributed by atoms with E-state index in [4.69, 9.17) is 0 Å². The third kappa shape index (κ3) is 3.93. The van der Waals surface area contributed by atoms with Crippen molar-refractivity contribution in [3.63, 3.8) is 0 Å². The Morgan fingerprint density at radius 2 is 1.45 bits per heavy atom. The van der Waals surface area contributed by atoms with Crippen molar-refractivity contribution in [2.45, 2.75) is 0 Å². The molecule has 142 valence electrons. The number of pyridine rings is 2. The molecule has 0 aliphatic heterocycles. The molecule has 4 rings (SSSR count). The van der Waals surface area contributed by atoms with Gasteiger partial charge in [0.05, 0.1) is 28.0 Å². The Kier molecular flexibility index (Phi) is 4.94. The average Bonchev–Trinajstić information content (AvgIpc) is 2.75. The maximum absolute atomic E-state index is 13.7. The normalized spacial score (nSPS) is 10.5. The second kappa shape index (κ2) is 7.85. The number of hydrogen-bond donors (Lipinski definition) is 2. The number of nitrogens with zero attached hydrogens (tertiary/aromatic N) is 2. The van der Waals surface area contributed by atoms with Crippen LogP contribution >= 0.6 is 0 Å². The summed E-state index contributed by atoms with van der Waals surface area (Å²) in [5.74, 6) is -1.55. The summed E-state index contributed by atoms with van der Waals surface area (Å²) in [7, 11) is 0. The van der Waals surface area contributed by atoms with Crippen molar-refractivity contribution in [2.75, 3.05) is 10.6 Å². The fourth-order valence-corrected chi connectivity index (χ4v) is 2.84. The van der Waals surface area contributed by atoms with E-state index in [1.165, 1.54) is 36.7 Å². The van der Waals surface area contributed by atoms with Crippen LogP contribution in [0.4, 0.5) is 15.8 Å². The van der Waals surface area contributed by atoms with Crippen LogP contribution in [0.25, 0.3) is 10.9 Å². The summed E-state index contributed by atoms with van der Waals surface area (Å²) in [6, 6.07) is 16.4. The molecular formula is C22H15FN4O2. The number of carbonyl (C=O) groups excluding carboxylic acids is 2. The first-order valence-electron chi connectivity index (χ1n) is 8.78. The molecule has 2 aromatic carbocycles. The summed E-state index contributed by atoms with van der Waals surface area (Å²) in [6.07, 6.45) is 4.31. The number of halogens is 1. The van der Waals surface area contributed by atoms with Crippen LogP contribution in [0.15, 0.2) is 79.3 Å². The lowest BCUT2D eigenvalue weighted by Gasteiger charge is -2.09. The Bertz CT molecular complexity index is 1220. The van der Waals surface area contributed by atoms with Crippen molar-refractivity contribution >= 4 is 34.1 Å². The highest BCUT2D eigenvalue weighted by atomic mass is 19.1. The highest BCUT2D eigenvalue weighted by Crippen LogP contribution is 2.21. The molecule has 29 heavy (non-hydrogen) atoms. The van der Waals surface area contributed by atoms with Gasteiger partial charge in [-0.05, 0) is 30.3 Å². The minimum Gasteiger partial charge on any atom is -0.320 e. The van der Waals surface area contributed by atoms with Gasteiger partial charge in [0.1, 0.15) is 5.82 Å². The molecule has 2 N–H and O–H groups in total. The van der Waals surface area contributed by atoms with Gasteiger partial charge in [-0.15, -0.1) is 0 Å². The summed E-state index contributed by atoms with van der Waals surface area (Å²) in [5.41, 5.74) is 1.59. The fraction of sp³-hybridized carbons (Fsp3) is 0. The maximum Gasteiger partial charge on any atom is 0.257 e. The molecule has 0 radical (unpaired) electrons. The summed E-state index contributed by atoms with van der Waals surface area (Å²) >= 11 is 0. The van der Waals surface area contributed by atoms with Crippen LogP contribution in [0.2, 0.25) is 0 Å². The quantitative estimate of drug-likeness (QED) is 0.549. The van der Waals surface area contributed by atoms with Crippen LogP contribution in [0, 0.1) is 5.82 Å². The molecule has 2 aromatic heterocycles. The van der Waals surface area contributed by atoms with E-state index >= 15 is 0 Å². The summed E-state index contributed by atoms with van der Waals surface area (Å²) in [5, 5.41) is 6.15. The zero-order chi connectivity index (χ0) is 20.2. The molecule has 0 saturated carbocycles. The fourth-order valence-electron chi connectivity index (χ4n) is 2.84. The van der Waals surface area contributed by atoms with Crippen molar-refractivity contribution in [1.82, 2.24) is 9.97 Å². The number of anilines is 2. The highest BCUT2D eigenvalue weighted by Gasteiger charge is 2.14. The van der Waals surface area contributed by atoms with E-state index in [1.54, 1.807) is 18.3 Å². The predicted octanol–water partition coefficient (Wildman–Crippen LogP) is 4.27. The van der Waals surface area contributed by atoms with Crippen molar-refractivity contribution in [1.29, 1.82) is 0 Å². The van der Waals surface area contributed by atoms with Crippen LogP contribution in [-0.4, -0.2) is 21.8 Å². The summed E-state index contributed by atoms with van der Waals surface area (Å²) < 4.78 is 13.7. The molecular weight excluding hydrogens is 371 g/mol. The van der Waals surface area contributed by atoms with Gasteiger partial charge in [-0.25, -0.2) is 4.39 Å². The van der Waals surface area contributed by atoms with E-state index < -0.39 is 17.6 Å². The van der Waals surface area contributed by atoms with E-state index in [9.17, 15) is 14.0 Å². The Morgan fingerprint density at radius 3 is 2.21 bits per heavy atom. The molecule has 0 spiro atoms. The van der Waals surface area contributed by atoms with Crippen LogP contribution in [0.1, 0.15) is 20.7 Å². The first kappa shape index (κ1) is 18.2. The molecule has 4 aromatic rings. The predicted molar refractivity (Wildman–Crippen MR) is 108 cm³/mol. The molecule has 6 nitrogen and oxygen atoms in total. The SMILES string of the molecule is O=C(Nc1ccccc1F)c1cncc(C(=O)Nc2cccc3cccnc23)c1. The summed E-state index contributed by atoms with van der Waals surface area (Å²) in [6.45, 7) is 0. The van der Waals surface area contributed by atoms with Gasteiger partial charge in [-0.3, -0.25) is 19.6 Å². The zero-order valence-corrected chi connectivity index (χ0v) is 15.1. The number of rotatable bonds is 4. The van der Waals surface area contributed by atoms with E-state index in [0.717, 1.165) is 5.39 Å². The number of benzene rings is 2. The van der Waals surface area contributed by atoms with Crippen LogP contribution in [-0.2, 0) is 0 Å². The molecule has 0 aliphatic carbocycles. The minimum absolute atomic E-state index is 0.0502. The van der Waals surface area contributed by atoms with Crippen LogP contribution in [0.5, 0.6) is 0 Å². The number of carbonyl (C=O) groups is 2. The van der Waals surface area contributed by atoms with E-state index in [1.807, 2.05) is 24.3 Å². The van der Waals surface area contributed by atoms with E-state index in [2.05, 4.69) is 20.6 Å². The molecule has 0 aliphatic rings. The molecule has 0 fully saturated rings. The number of aromatic nitrogens is 2. The van der Waals surface area contributed by atoms with Gasteiger partial charge in [0.2, 0.25) is 0 Å². The smallest absolute Gasteiger partial charge is 0.257 e. The molecule has 0 saturated heterocycles. The van der Waals surface area contributed by atoms with Crippen LogP contribution < -0.4 is 10.6 Å². The largest absolute Gasteiger partial charge is 0.320 e. The van der Waals surface area contributed by atoms with Gasteiger partial charge in [0.15, 0.2) is 0 Å². The molecule has 0 bridgehead atoms. The molecule has 2 amide bonds. The first-order chi connectivity index (χ1) is 14.1. The standard InChI is InChI=1S/C22H15FN4O2/c23-17-7-1-2-8-18(17)26-21(28)15-11-16(13-24-12-15)22(29)27-19-9-3-5-14-6-4-10-25-20(14)19/h1-13H,(H,26,28)(H,27,29). The van der Waals surface area contributed by atoms with E-state index in [-0.39, 0.29) is 16.8 Å². The third-order valence-corrected chi connectivity index (χ3v) is 4.27. The number of nitrogens with one attached hydrogen (secondary N) is 2. The third-order valence-electron chi connectivity index (χ3n) is 4.27. The highest BCUT2D eigenvalue weighted by molar-refractivity contribution is 6.10. The van der Waals surface area contributed by atoms with E-state index in [0.29, 0.717) is 11.2 Å². The first-order valence-corrected chi connectivity index (χ1v) is 8.78. The monoisotopic (exact) mass is 386 g/mol. The number of amides is 2. The van der Waals surface area contributed by atoms with Gasteiger partial charge >= 0.3 is 0 Å². The minimum atomic E-state index is -0.566. The lowest BCUT2D eigenvalue weighted by atomic mass is 10.1. The molecule has 2 heterocycles. The van der Waals surface area contributed by atoms with Crippen molar-refractivity contribution in [2.24, 2.45) is 0 Å². The Hall–Kier alpha value is -4.13. The van der Waals surface area contributed by atoms with Crippen LogP contribution in [0.3, 0.4) is 0 Å². The van der Waals surface area contributed by atoms with Crippen molar-refractivity contribution < 1.29 is 14.0 Å². The number of fused-ring (bicyclic) bond motifs is 1.